The largest absolute Gasteiger partial charge is 0.497 e. The molecule has 0 bridgehead atoms. The summed E-state index contributed by atoms with van der Waals surface area (Å²) in [6, 6.07) is 9.78. The number of hydrogen-bond donors (Lipinski definition) is 1. The highest BCUT2D eigenvalue weighted by atomic mass is 16.5. The van der Waals surface area contributed by atoms with Crippen molar-refractivity contribution in [3.63, 3.8) is 0 Å². The molecule has 130 valence electrons. The Bertz CT molecular complexity index is 830. The number of β-amino-alcohol motifs (C(OH)–C–C–N with tert-alkyl or cyclic N) is 1. The zero-order valence-electron chi connectivity index (χ0n) is 13.8. The number of furan rings is 1. The minimum atomic E-state index is -0.382. The predicted molar refractivity (Wildman–Crippen MR) is 88.8 cm³/mol. The van der Waals surface area contributed by atoms with Crippen molar-refractivity contribution in [1.82, 2.24) is 15.0 Å². The Morgan fingerprint density at radius 1 is 1.36 bits per heavy atom. The predicted octanol–water partition coefficient (Wildman–Crippen LogP) is 2.65. The maximum absolute atomic E-state index is 10.1. The summed E-state index contributed by atoms with van der Waals surface area (Å²) in [6.07, 6.45) is 3.43. The van der Waals surface area contributed by atoms with E-state index in [0.29, 0.717) is 31.2 Å². The van der Waals surface area contributed by atoms with Crippen LogP contribution in [0.15, 0.2) is 51.8 Å². The van der Waals surface area contributed by atoms with E-state index in [1.807, 2.05) is 24.3 Å². The van der Waals surface area contributed by atoms with Crippen molar-refractivity contribution >= 4 is 0 Å². The second-order valence-corrected chi connectivity index (χ2v) is 6.14. The number of aliphatic hydroxyl groups excluding tert-OH is 1. The van der Waals surface area contributed by atoms with Crippen LogP contribution >= 0.6 is 0 Å². The van der Waals surface area contributed by atoms with Gasteiger partial charge in [0, 0.05) is 12.6 Å². The van der Waals surface area contributed by atoms with Crippen LogP contribution in [0.4, 0.5) is 0 Å². The van der Waals surface area contributed by atoms with Crippen molar-refractivity contribution in [2.45, 2.75) is 25.1 Å². The molecule has 1 aromatic carbocycles. The smallest absolute Gasteiger partial charge is 0.241 e. The first kappa shape index (κ1) is 15.9. The minimum Gasteiger partial charge on any atom is -0.497 e. The summed E-state index contributed by atoms with van der Waals surface area (Å²) in [4.78, 5) is 6.56. The maximum Gasteiger partial charge on any atom is 0.241 e. The summed E-state index contributed by atoms with van der Waals surface area (Å²) in [5.74, 6) is 1.82. The molecule has 1 saturated heterocycles. The van der Waals surface area contributed by atoms with Gasteiger partial charge in [-0.1, -0.05) is 17.3 Å². The molecule has 3 heterocycles. The van der Waals surface area contributed by atoms with Gasteiger partial charge in [0.15, 0.2) is 0 Å². The van der Waals surface area contributed by atoms with Crippen molar-refractivity contribution < 1.29 is 18.8 Å². The summed E-state index contributed by atoms with van der Waals surface area (Å²) in [6.45, 7) is 1.04. The molecule has 1 aliphatic rings. The molecule has 0 saturated carbocycles. The summed E-state index contributed by atoms with van der Waals surface area (Å²) >= 11 is 0. The van der Waals surface area contributed by atoms with E-state index < -0.39 is 0 Å². The van der Waals surface area contributed by atoms with Gasteiger partial charge in [0.05, 0.1) is 31.6 Å². The molecule has 2 aromatic heterocycles. The molecule has 0 aliphatic carbocycles. The fraction of sp³-hybridized carbons (Fsp3) is 0.333. The second-order valence-electron chi connectivity index (χ2n) is 6.14. The van der Waals surface area contributed by atoms with E-state index in [9.17, 15) is 5.11 Å². The first-order valence-electron chi connectivity index (χ1n) is 8.14. The number of nitrogens with zero attached hydrogens (tertiary/aromatic N) is 3. The van der Waals surface area contributed by atoms with Crippen molar-refractivity contribution in [3.05, 3.63) is 54.3 Å². The number of methoxy groups -OCH3 is 1. The first-order valence-corrected chi connectivity index (χ1v) is 8.14. The molecule has 0 radical (unpaired) electrons. The second kappa shape index (κ2) is 6.70. The Morgan fingerprint density at radius 2 is 2.28 bits per heavy atom. The molecule has 2 atom stereocenters. The van der Waals surface area contributed by atoms with E-state index in [1.54, 1.807) is 25.7 Å². The Morgan fingerprint density at radius 3 is 3.08 bits per heavy atom. The zero-order chi connectivity index (χ0) is 17.2. The average molecular weight is 341 g/mol. The molecule has 0 unspecified atom stereocenters. The highest BCUT2D eigenvalue weighted by Gasteiger charge is 2.33. The van der Waals surface area contributed by atoms with E-state index in [0.717, 1.165) is 16.9 Å². The monoisotopic (exact) mass is 341 g/mol. The van der Waals surface area contributed by atoms with Gasteiger partial charge in [0.25, 0.3) is 0 Å². The maximum atomic E-state index is 10.1. The molecule has 7 heteroatoms. The summed E-state index contributed by atoms with van der Waals surface area (Å²) in [7, 11) is 1.65. The van der Waals surface area contributed by atoms with Gasteiger partial charge < -0.3 is 18.8 Å². The fourth-order valence-corrected chi connectivity index (χ4v) is 3.25. The third kappa shape index (κ3) is 3.29. The van der Waals surface area contributed by atoms with Gasteiger partial charge in [0.1, 0.15) is 12.0 Å². The molecule has 1 fully saturated rings. The third-order valence-corrected chi connectivity index (χ3v) is 4.45. The summed E-state index contributed by atoms with van der Waals surface area (Å²) in [5, 5.41) is 14.1. The SMILES string of the molecule is COc1cccc([C@H]2C[C@H](O)CN2Cc2nc(-c3ccoc3)no2)c1. The highest BCUT2D eigenvalue weighted by Crippen LogP contribution is 2.34. The van der Waals surface area contributed by atoms with E-state index in [-0.39, 0.29) is 12.1 Å². The lowest BCUT2D eigenvalue weighted by Crippen LogP contribution is -2.24. The van der Waals surface area contributed by atoms with Crippen molar-refractivity contribution in [2.24, 2.45) is 0 Å². The molecule has 3 aromatic rings. The van der Waals surface area contributed by atoms with Crippen LogP contribution in [0.25, 0.3) is 11.4 Å². The minimum absolute atomic E-state index is 0.0781. The van der Waals surface area contributed by atoms with E-state index in [4.69, 9.17) is 13.7 Å². The number of rotatable bonds is 5. The van der Waals surface area contributed by atoms with Gasteiger partial charge in [-0.25, -0.2) is 0 Å². The molecule has 7 nitrogen and oxygen atoms in total. The normalized spacial score (nSPS) is 20.9. The lowest BCUT2D eigenvalue weighted by molar-refractivity contribution is 0.164. The van der Waals surface area contributed by atoms with Crippen LogP contribution in [0.5, 0.6) is 5.75 Å². The van der Waals surface area contributed by atoms with Crippen LogP contribution in [0.2, 0.25) is 0 Å². The summed E-state index contributed by atoms with van der Waals surface area (Å²) in [5.41, 5.74) is 1.88. The molecule has 0 amide bonds. The van der Waals surface area contributed by atoms with Crippen LogP contribution in [0.1, 0.15) is 23.9 Å². The van der Waals surface area contributed by atoms with Crippen LogP contribution in [-0.2, 0) is 6.54 Å². The number of hydrogen-bond acceptors (Lipinski definition) is 7. The number of benzene rings is 1. The standard InChI is InChI=1S/C18H19N3O4/c1-23-15-4-2-3-12(7-15)16-8-14(22)9-21(16)10-17-19-18(20-25-17)13-5-6-24-11-13/h2-7,11,14,16,22H,8-10H2,1H3/t14-,16+/m0/s1. The van der Waals surface area contributed by atoms with Gasteiger partial charge in [-0.3, -0.25) is 4.90 Å². The fourth-order valence-electron chi connectivity index (χ4n) is 3.25. The first-order chi connectivity index (χ1) is 12.2. The molecule has 1 aliphatic heterocycles. The van der Waals surface area contributed by atoms with E-state index in [2.05, 4.69) is 15.0 Å². The van der Waals surface area contributed by atoms with Gasteiger partial charge in [-0.2, -0.15) is 4.98 Å². The zero-order valence-corrected chi connectivity index (χ0v) is 13.8. The lowest BCUT2D eigenvalue weighted by Gasteiger charge is -2.23. The lowest BCUT2D eigenvalue weighted by atomic mass is 10.0. The third-order valence-electron chi connectivity index (χ3n) is 4.45. The van der Waals surface area contributed by atoms with Crippen molar-refractivity contribution in [3.8, 4) is 17.1 Å². The highest BCUT2D eigenvalue weighted by molar-refractivity contribution is 5.51. The molecular formula is C18H19N3O4. The van der Waals surface area contributed by atoms with E-state index in [1.165, 1.54) is 0 Å². The van der Waals surface area contributed by atoms with Crippen LogP contribution in [0, 0.1) is 0 Å². The quantitative estimate of drug-likeness (QED) is 0.763. The van der Waals surface area contributed by atoms with Gasteiger partial charge in [-0.05, 0) is 30.2 Å². The number of aromatic nitrogens is 2. The molecule has 4 rings (SSSR count). The van der Waals surface area contributed by atoms with Crippen LogP contribution < -0.4 is 4.74 Å². The topological polar surface area (TPSA) is 84.8 Å². The molecule has 1 N–H and O–H groups in total. The number of ether oxygens (including phenoxy) is 1. The van der Waals surface area contributed by atoms with Crippen molar-refractivity contribution in [2.75, 3.05) is 13.7 Å². The summed E-state index contributed by atoms with van der Waals surface area (Å²) < 4.78 is 15.7. The Hall–Kier alpha value is -2.64. The Labute approximate surface area is 144 Å². The average Bonchev–Trinajstić information content (AvgIpc) is 3.36. The van der Waals surface area contributed by atoms with E-state index >= 15 is 0 Å². The van der Waals surface area contributed by atoms with Crippen LogP contribution in [-0.4, -0.2) is 39.9 Å². The Kier molecular flexibility index (Phi) is 4.25. The molecular weight excluding hydrogens is 322 g/mol. The van der Waals surface area contributed by atoms with Gasteiger partial charge >= 0.3 is 0 Å². The molecule has 25 heavy (non-hydrogen) atoms. The van der Waals surface area contributed by atoms with Crippen molar-refractivity contribution in [1.29, 1.82) is 0 Å². The van der Waals surface area contributed by atoms with Crippen LogP contribution in [0.3, 0.4) is 0 Å². The van der Waals surface area contributed by atoms with Gasteiger partial charge in [-0.15, -0.1) is 0 Å². The van der Waals surface area contributed by atoms with Gasteiger partial charge in [0.2, 0.25) is 11.7 Å². The number of likely N-dealkylation sites (tertiary alicyclic amines) is 1. The number of aliphatic hydroxyl groups is 1. The Balaban J connectivity index is 1.54. The molecule has 0 spiro atoms.